The number of hydrogen-bond acceptors (Lipinski definition) is 6. The van der Waals surface area contributed by atoms with Crippen LogP contribution in [0.3, 0.4) is 0 Å². The third-order valence-electron chi connectivity index (χ3n) is 3.26. The number of anilines is 1. The minimum Gasteiger partial charge on any atom is -0.467 e. The predicted octanol–water partition coefficient (Wildman–Crippen LogP) is 1.84. The van der Waals surface area contributed by atoms with Gasteiger partial charge in [-0.25, -0.2) is 14.6 Å². The first kappa shape index (κ1) is 16.8. The lowest BCUT2D eigenvalue weighted by molar-refractivity contribution is -0.144. The Bertz CT molecular complexity index is 632. The molecule has 1 aromatic heterocycles. The van der Waals surface area contributed by atoms with Crippen molar-refractivity contribution in [1.82, 2.24) is 9.88 Å². The highest BCUT2D eigenvalue weighted by molar-refractivity contribution is 5.90. The maximum atomic E-state index is 12.3. The molecule has 0 unspecified atom stereocenters. The van der Waals surface area contributed by atoms with Gasteiger partial charge in [-0.2, -0.15) is 0 Å². The van der Waals surface area contributed by atoms with Gasteiger partial charge in [-0.3, -0.25) is 4.90 Å². The van der Waals surface area contributed by atoms with Gasteiger partial charge < -0.3 is 15.2 Å². The van der Waals surface area contributed by atoms with E-state index in [2.05, 4.69) is 4.98 Å². The zero-order chi connectivity index (χ0) is 17.2. The summed E-state index contributed by atoms with van der Waals surface area (Å²) in [5.41, 5.74) is 6.51. The molecule has 0 radical (unpaired) electrons. The quantitative estimate of drug-likeness (QED) is 0.836. The number of nitrogen functional groups attached to an aromatic ring is 1. The van der Waals surface area contributed by atoms with E-state index in [-0.39, 0.29) is 6.54 Å². The van der Waals surface area contributed by atoms with Crippen molar-refractivity contribution in [2.75, 3.05) is 19.4 Å². The van der Waals surface area contributed by atoms with E-state index in [1.807, 2.05) is 0 Å². The van der Waals surface area contributed by atoms with Crippen molar-refractivity contribution < 1.29 is 19.1 Å². The fraction of sp³-hybridized carbons (Fsp3) is 0.438. The van der Waals surface area contributed by atoms with Gasteiger partial charge in [-0.15, -0.1) is 0 Å². The third-order valence-corrected chi connectivity index (χ3v) is 3.26. The van der Waals surface area contributed by atoms with Gasteiger partial charge in [0, 0.05) is 6.20 Å². The van der Waals surface area contributed by atoms with E-state index < -0.39 is 23.7 Å². The van der Waals surface area contributed by atoms with E-state index >= 15 is 0 Å². The first-order chi connectivity index (χ1) is 10.7. The topological polar surface area (TPSA) is 94.8 Å². The zero-order valence-electron chi connectivity index (χ0n) is 13.7. The molecule has 7 nitrogen and oxygen atoms in total. The number of nitrogens with zero attached hydrogens (tertiary/aromatic N) is 2. The first-order valence-electron chi connectivity index (χ1n) is 7.21. The molecule has 0 fully saturated rings. The lowest BCUT2D eigenvalue weighted by Gasteiger charge is -2.27. The molecule has 0 saturated heterocycles. The minimum atomic E-state index is -0.817. The molecule has 124 valence electrons. The molecule has 1 aromatic rings. The summed E-state index contributed by atoms with van der Waals surface area (Å²) in [6.45, 7) is 5.55. The number of aromatic nitrogens is 1. The number of esters is 1. The average Bonchev–Trinajstić information content (AvgIpc) is 2.90. The Kier molecular flexibility index (Phi) is 4.58. The number of carbonyl (C=O) groups is 2. The molecule has 1 aliphatic rings. The Balaban J connectivity index is 2.26. The number of hydrogen-bond donors (Lipinski definition) is 1. The summed E-state index contributed by atoms with van der Waals surface area (Å²) in [6, 6.07) is 2.64. The molecule has 2 heterocycles. The molecule has 2 rings (SSSR count). The Hall–Kier alpha value is -2.57. The number of amides is 1. The molecule has 0 aliphatic carbocycles. The van der Waals surface area contributed by atoms with Gasteiger partial charge in [0.25, 0.3) is 0 Å². The first-order valence-corrected chi connectivity index (χ1v) is 7.21. The summed E-state index contributed by atoms with van der Waals surface area (Å²) in [5.74, 6) is -0.116. The van der Waals surface area contributed by atoms with Crippen LogP contribution < -0.4 is 5.73 Å². The number of nitrogens with two attached hydrogens (primary N) is 1. The van der Waals surface area contributed by atoms with Crippen molar-refractivity contribution in [1.29, 1.82) is 0 Å². The number of methoxy groups -OCH3 is 1. The number of carbonyl (C=O) groups excluding carboxylic acids is 2. The molecule has 23 heavy (non-hydrogen) atoms. The standard InChI is InChI=1S/C16H21N3O4/c1-16(2,3)23-15(21)19-9-11(7-12(19)14(20)22-4)10-5-6-13(17)18-8-10/h5-8,12H,9H2,1-4H3,(H2,17,18)/t12-/m0/s1. The van der Waals surface area contributed by atoms with Crippen LogP contribution in [-0.2, 0) is 14.3 Å². The molecule has 1 amide bonds. The largest absolute Gasteiger partial charge is 0.467 e. The normalized spacial score (nSPS) is 17.7. The van der Waals surface area contributed by atoms with Crippen molar-refractivity contribution in [2.45, 2.75) is 32.4 Å². The van der Waals surface area contributed by atoms with Crippen LogP contribution in [0.1, 0.15) is 26.3 Å². The van der Waals surface area contributed by atoms with Crippen molar-refractivity contribution in [3.63, 3.8) is 0 Å². The summed E-state index contributed by atoms with van der Waals surface area (Å²) < 4.78 is 10.1. The number of rotatable bonds is 2. The van der Waals surface area contributed by atoms with Gasteiger partial charge in [-0.05, 0) is 50.1 Å². The van der Waals surface area contributed by atoms with E-state index in [1.165, 1.54) is 12.0 Å². The molecular weight excluding hydrogens is 298 g/mol. The van der Waals surface area contributed by atoms with Crippen molar-refractivity contribution in [3.05, 3.63) is 30.0 Å². The summed E-state index contributed by atoms with van der Waals surface area (Å²) in [5, 5.41) is 0. The highest BCUT2D eigenvalue weighted by Crippen LogP contribution is 2.27. The van der Waals surface area contributed by atoms with Crippen LogP contribution in [0.4, 0.5) is 10.6 Å². The van der Waals surface area contributed by atoms with Crippen LogP contribution in [-0.4, -0.2) is 47.2 Å². The SMILES string of the molecule is COC(=O)[C@@H]1C=C(c2ccc(N)nc2)CN1C(=O)OC(C)(C)C. The summed E-state index contributed by atoms with van der Waals surface area (Å²) in [7, 11) is 1.28. The van der Waals surface area contributed by atoms with Crippen molar-refractivity contribution in [2.24, 2.45) is 0 Å². The van der Waals surface area contributed by atoms with Crippen LogP contribution >= 0.6 is 0 Å². The summed E-state index contributed by atoms with van der Waals surface area (Å²) in [6.07, 6.45) is 2.72. The second-order valence-electron chi connectivity index (χ2n) is 6.24. The van der Waals surface area contributed by atoms with Gasteiger partial charge in [0.2, 0.25) is 0 Å². The van der Waals surface area contributed by atoms with E-state index in [4.69, 9.17) is 15.2 Å². The Morgan fingerprint density at radius 1 is 1.35 bits per heavy atom. The minimum absolute atomic E-state index is 0.236. The molecular formula is C16H21N3O4. The molecule has 0 spiro atoms. The van der Waals surface area contributed by atoms with E-state index in [0.29, 0.717) is 5.82 Å². The van der Waals surface area contributed by atoms with Crippen LogP contribution in [0.15, 0.2) is 24.4 Å². The van der Waals surface area contributed by atoms with Crippen LogP contribution in [0.5, 0.6) is 0 Å². The van der Waals surface area contributed by atoms with Crippen molar-refractivity contribution >= 4 is 23.5 Å². The van der Waals surface area contributed by atoms with Crippen molar-refractivity contribution in [3.8, 4) is 0 Å². The van der Waals surface area contributed by atoms with Crippen LogP contribution in [0.25, 0.3) is 5.57 Å². The van der Waals surface area contributed by atoms with E-state index in [9.17, 15) is 9.59 Å². The fourth-order valence-electron chi connectivity index (χ4n) is 2.21. The van der Waals surface area contributed by atoms with Gasteiger partial charge in [0.15, 0.2) is 6.04 Å². The van der Waals surface area contributed by atoms with E-state index in [1.54, 1.807) is 45.2 Å². The highest BCUT2D eigenvalue weighted by Gasteiger charge is 2.37. The average molecular weight is 319 g/mol. The highest BCUT2D eigenvalue weighted by atomic mass is 16.6. The van der Waals surface area contributed by atoms with Crippen LogP contribution in [0.2, 0.25) is 0 Å². The van der Waals surface area contributed by atoms with Crippen LogP contribution in [0, 0.1) is 0 Å². The maximum absolute atomic E-state index is 12.3. The fourth-order valence-corrected chi connectivity index (χ4v) is 2.21. The van der Waals surface area contributed by atoms with E-state index in [0.717, 1.165) is 11.1 Å². The molecule has 1 atom stereocenters. The summed E-state index contributed by atoms with van der Waals surface area (Å²) in [4.78, 5) is 29.7. The summed E-state index contributed by atoms with van der Waals surface area (Å²) >= 11 is 0. The molecule has 0 saturated carbocycles. The van der Waals surface area contributed by atoms with Gasteiger partial charge in [0.05, 0.1) is 13.7 Å². The van der Waals surface area contributed by atoms with Gasteiger partial charge >= 0.3 is 12.1 Å². The monoisotopic (exact) mass is 319 g/mol. The molecule has 7 heteroatoms. The predicted molar refractivity (Wildman–Crippen MR) is 85.4 cm³/mol. The lowest BCUT2D eigenvalue weighted by Crippen LogP contribution is -2.44. The molecule has 0 aromatic carbocycles. The second-order valence-corrected chi connectivity index (χ2v) is 6.24. The number of ether oxygens (including phenoxy) is 2. The zero-order valence-corrected chi connectivity index (χ0v) is 13.7. The smallest absolute Gasteiger partial charge is 0.411 e. The van der Waals surface area contributed by atoms with Gasteiger partial charge in [0.1, 0.15) is 11.4 Å². The van der Waals surface area contributed by atoms with Gasteiger partial charge in [-0.1, -0.05) is 0 Å². The molecule has 2 N–H and O–H groups in total. The molecule has 1 aliphatic heterocycles. The Morgan fingerprint density at radius 3 is 2.57 bits per heavy atom. The Labute approximate surface area is 135 Å². The maximum Gasteiger partial charge on any atom is 0.411 e. The second kappa shape index (κ2) is 6.28. The number of pyridine rings is 1. The Morgan fingerprint density at radius 2 is 2.04 bits per heavy atom. The molecule has 0 bridgehead atoms. The third kappa shape index (κ3) is 4.00. The lowest BCUT2D eigenvalue weighted by atomic mass is 10.1.